The predicted octanol–water partition coefficient (Wildman–Crippen LogP) is 3.38. The van der Waals surface area contributed by atoms with Crippen LogP contribution in [0.1, 0.15) is 34.8 Å². The smallest absolute Gasteiger partial charge is 0.248 e. The van der Waals surface area contributed by atoms with E-state index in [1.165, 1.54) is 30.6 Å². The van der Waals surface area contributed by atoms with E-state index in [0.717, 1.165) is 25.1 Å². The van der Waals surface area contributed by atoms with Crippen LogP contribution in [0.25, 0.3) is 11.1 Å². The molecule has 1 saturated carbocycles. The Kier molecular flexibility index (Phi) is 4.97. The van der Waals surface area contributed by atoms with Crippen molar-refractivity contribution in [2.45, 2.75) is 18.8 Å². The van der Waals surface area contributed by atoms with Crippen LogP contribution >= 0.6 is 0 Å². The minimum absolute atomic E-state index is 0.240. The van der Waals surface area contributed by atoms with Gasteiger partial charge in [-0.15, -0.1) is 0 Å². The second kappa shape index (κ2) is 7.72. The number of anilines is 1. The highest BCUT2D eigenvalue weighted by atomic mass is 19.1. The van der Waals surface area contributed by atoms with Crippen LogP contribution in [0.5, 0.6) is 0 Å². The largest absolute Gasteiger partial charge is 0.366 e. The summed E-state index contributed by atoms with van der Waals surface area (Å²) in [5, 5.41) is 3.25. The molecule has 1 aromatic carbocycles. The zero-order valence-corrected chi connectivity index (χ0v) is 15.2. The number of aromatic nitrogens is 3. The Bertz CT molecular complexity index is 978. The third-order valence-corrected chi connectivity index (χ3v) is 5.22. The molecule has 7 heteroatoms. The number of nitrogens with zero attached hydrogens (tertiary/aromatic N) is 3. The molecule has 0 aliphatic heterocycles. The molecule has 142 valence electrons. The number of rotatable bonds is 6. The molecule has 3 N–H and O–H groups in total. The Morgan fingerprint density at radius 2 is 1.96 bits per heavy atom. The van der Waals surface area contributed by atoms with Crippen LogP contribution in [0.4, 0.5) is 10.3 Å². The first-order valence-corrected chi connectivity index (χ1v) is 9.18. The number of pyridine rings is 1. The van der Waals surface area contributed by atoms with Gasteiger partial charge >= 0.3 is 0 Å². The molecule has 0 radical (unpaired) electrons. The highest BCUT2D eigenvalue weighted by Crippen LogP contribution is 2.41. The van der Waals surface area contributed by atoms with Crippen molar-refractivity contribution in [3.63, 3.8) is 0 Å². The van der Waals surface area contributed by atoms with Crippen LogP contribution in [-0.4, -0.2) is 27.4 Å². The summed E-state index contributed by atoms with van der Waals surface area (Å²) in [6, 6.07) is 9.99. The minimum atomic E-state index is -0.608. The highest BCUT2D eigenvalue weighted by Gasteiger charge is 2.32. The maximum Gasteiger partial charge on any atom is 0.248 e. The summed E-state index contributed by atoms with van der Waals surface area (Å²) in [4.78, 5) is 24.3. The van der Waals surface area contributed by atoms with Crippen molar-refractivity contribution in [3.05, 3.63) is 72.1 Å². The number of primary amides is 1. The average molecular weight is 377 g/mol. The molecule has 0 saturated heterocycles. The second-order valence-corrected chi connectivity index (χ2v) is 6.93. The molecule has 1 aliphatic carbocycles. The lowest BCUT2D eigenvalue weighted by atomic mass is 9.71. The van der Waals surface area contributed by atoms with Gasteiger partial charge in [0.2, 0.25) is 11.9 Å². The van der Waals surface area contributed by atoms with Crippen molar-refractivity contribution >= 4 is 11.9 Å². The van der Waals surface area contributed by atoms with Crippen molar-refractivity contribution in [2.24, 2.45) is 11.7 Å². The maximum absolute atomic E-state index is 14.1. The van der Waals surface area contributed by atoms with Crippen molar-refractivity contribution in [3.8, 4) is 11.1 Å². The third-order valence-electron chi connectivity index (χ3n) is 5.22. The van der Waals surface area contributed by atoms with Gasteiger partial charge in [-0.05, 0) is 49.1 Å². The lowest BCUT2D eigenvalue weighted by molar-refractivity contribution is 0.100. The number of nitrogens with one attached hydrogen (secondary N) is 1. The average Bonchev–Trinajstić information content (AvgIpc) is 2.69. The Hall–Kier alpha value is -3.35. The summed E-state index contributed by atoms with van der Waals surface area (Å²) in [5.74, 6) is 0.369. The SMILES string of the molecule is NC(=O)c1ccc(F)c(-c2cnc(NCC3CCC3c3ccccn3)nc2)c1. The Morgan fingerprint density at radius 1 is 1.14 bits per heavy atom. The van der Waals surface area contributed by atoms with E-state index in [0.29, 0.717) is 23.3 Å². The molecule has 2 heterocycles. The second-order valence-electron chi connectivity index (χ2n) is 6.93. The number of carbonyl (C=O) groups excluding carboxylic acids is 1. The molecule has 0 spiro atoms. The summed E-state index contributed by atoms with van der Waals surface area (Å²) >= 11 is 0. The highest BCUT2D eigenvalue weighted by molar-refractivity contribution is 5.94. The number of nitrogens with two attached hydrogens (primary N) is 1. The van der Waals surface area contributed by atoms with Gasteiger partial charge in [-0.3, -0.25) is 9.78 Å². The summed E-state index contributed by atoms with van der Waals surface area (Å²) in [7, 11) is 0. The van der Waals surface area contributed by atoms with Gasteiger partial charge in [-0.25, -0.2) is 14.4 Å². The summed E-state index contributed by atoms with van der Waals surface area (Å²) in [6.45, 7) is 0.756. The van der Waals surface area contributed by atoms with Crippen LogP contribution < -0.4 is 11.1 Å². The van der Waals surface area contributed by atoms with Gasteiger partial charge in [0.1, 0.15) is 5.82 Å². The van der Waals surface area contributed by atoms with Gasteiger partial charge in [0.05, 0.1) is 0 Å². The maximum atomic E-state index is 14.1. The molecule has 3 aromatic rings. The van der Waals surface area contributed by atoms with Crippen LogP contribution in [0.15, 0.2) is 55.0 Å². The molecule has 0 bridgehead atoms. The van der Waals surface area contributed by atoms with E-state index in [-0.39, 0.29) is 11.1 Å². The molecular weight excluding hydrogens is 357 g/mol. The van der Waals surface area contributed by atoms with E-state index in [2.05, 4.69) is 26.3 Å². The van der Waals surface area contributed by atoms with Crippen LogP contribution in [0.2, 0.25) is 0 Å². The molecule has 28 heavy (non-hydrogen) atoms. The fourth-order valence-electron chi connectivity index (χ4n) is 3.48. The van der Waals surface area contributed by atoms with E-state index in [9.17, 15) is 9.18 Å². The van der Waals surface area contributed by atoms with E-state index in [1.807, 2.05) is 18.3 Å². The summed E-state index contributed by atoms with van der Waals surface area (Å²) < 4.78 is 14.1. The lowest BCUT2D eigenvalue weighted by Gasteiger charge is -2.36. The third kappa shape index (κ3) is 3.69. The van der Waals surface area contributed by atoms with Gasteiger partial charge in [0.15, 0.2) is 0 Å². The molecule has 6 nitrogen and oxygen atoms in total. The molecule has 1 aliphatic rings. The Balaban J connectivity index is 1.42. The number of hydrogen-bond acceptors (Lipinski definition) is 5. The van der Waals surface area contributed by atoms with E-state index in [4.69, 9.17) is 5.73 Å². The molecule has 2 atom stereocenters. The van der Waals surface area contributed by atoms with E-state index >= 15 is 0 Å². The predicted molar refractivity (Wildman–Crippen MR) is 104 cm³/mol. The molecular formula is C21H20FN5O. The fraction of sp³-hybridized carbons (Fsp3) is 0.238. The zero-order valence-electron chi connectivity index (χ0n) is 15.2. The molecule has 1 fully saturated rings. The zero-order chi connectivity index (χ0) is 19.5. The Morgan fingerprint density at radius 3 is 2.61 bits per heavy atom. The Labute approximate surface area is 162 Å². The molecule has 2 unspecified atom stereocenters. The van der Waals surface area contributed by atoms with Crippen LogP contribution in [-0.2, 0) is 0 Å². The molecule has 1 amide bonds. The minimum Gasteiger partial charge on any atom is -0.366 e. The molecule has 4 rings (SSSR count). The summed E-state index contributed by atoms with van der Waals surface area (Å²) in [6.07, 6.45) is 7.17. The first-order chi connectivity index (χ1) is 13.6. The first-order valence-electron chi connectivity index (χ1n) is 9.18. The number of carbonyl (C=O) groups is 1. The topological polar surface area (TPSA) is 93.8 Å². The summed E-state index contributed by atoms with van der Waals surface area (Å²) in [5.41, 5.74) is 7.37. The first kappa shape index (κ1) is 18.0. The van der Waals surface area contributed by atoms with Crippen LogP contribution in [0.3, 0.4) is 0 Å². The fourth-order valence-corrected chi connectivity index (χ4v) is 3.48. The van der Waals surface area contributed by atoms with Crippen LogP contribution in [0, 0.1) is 11.7 Å². The van der Waals surface area contributed by atoms with Crippen molar-refractivity contribution in [1.29, 1.82) is 0 Å². The van der Waals surface area contributed by atoms with E-state index < -0.39 is 11.7 Å². The number of amides is 1. The van der Waals surface area contributed by atoms with Gasteiger partial charge in [-0.2, -0.15) is 0 Å². The monoisotopic (exact) mass is 377 g/mol. The van der Waals surface area contributed by atoms with Gasteiger partial charge in [0, 0.05) is 53.4 Å². The standard InChI is InChI=1S/C21H20FN5O/c22-18-7-5-13(20(23)28)9-17(18)15-11-26-21(27-12-15)25-10-14-4-6-16(14)19-3-1-2-8-24-19/h1-3,5,7-9,11-12,14,16H,4,6,10H2,(H2,23,28)(H,25,26,27). The normalized spacial score (nSPS) is 18.3. The van der Waals surface area contributed by atoms with Gasteiger partial charge in [0.25, 0.3) is 0 Å². The van der Waals surface area contributed by atoms with Gasteiger partial charge in [-0.1, -0.05) is 6.07 Å². The lowest BCUT2D eigenvalue weighted by Crippen LogP contribution is -2.31. The quantitative estimate of drug-likeness (QED) is 0.687. The number of halogens is 1. The van der Waals surface area contributed by atoms with Crippen molar-refractivity contribution in [2.75, 3.05) is 11.9 Å². The molecule has 2 aromatic heterocycles. The van der Waals surface area contributed by atoms with Gasteiger partial charge < -0.3 is 11.1 Å². The van der Waals surface area contributed by atoms with Crippen molar-refractivity contribution < 1.29 is 9.18 Å². The van der Waals surface area contributed by atoms with Crippen molar-refractivity contribution in [1.82, 2.24) is 15.0 Å². The number of hydrogen-bond donors (Lipinski definition) is 2. The number of benzene rings is 1. The van der Waals surface area contributed by atoms with E-state index in [1.54, 1.807) is 0 Å².